The molecule has 2 fully saturated rings. The molecule has 2 saturated heterocycles. The van der Waals surface area contributed by atoms with Crippen molar-refractivity contribution in [3.63, 3.8) is 0 Å². The van der Waals surface area contributed by atoms with Crippen LogP contribution in [0.5, 0.6) is 0 Å². The standard InChI is InChI=1S/C16H24BrN3/c1-11-8-13(9-12(2)15(11)17)19-16(10-18)5-7-20-6-3-4-14(16)20/h8-9,14,19H,3-7,10,18H2,1-2H3. The summed E-state index contributed by atoms with van der Waals surface area (Å²) in [6.45, 7) is 7.43. The lowest BCUT2D eigenvalue weighted by Gasteiger charge is -2.36. The lowest BCUT2D eigenvalue weighted by atomic mass is 9.88. The monoisotopic (exact) mass is 337 g/mol. The van der Waals surface area contributed by atoms with Gasteiger partial charge in [0, 0.05) is 29.3 Å². The first-order valence-electron chi connectivity index (χ1n) is 7.55. The SMILES string of the molecule is Cc1cc(NC2(CN)CCN3CCCC32)cc(C)c1Br. The molecule has 2 aliphatic rings. The van der Waals surface area contributed by atoms with Gasteiger partial charge in [-0.3, -0.25) is 4.90 Å². The molecular formula is C16H24BrN3. The second kappa shape index (κ2) is 5.32. The number of nitrogens with one attached hydrogen (secondary N) is 1. The van der Waals surface area contributed by atoms with E-state index in [-0.39, 0.29) is 5.54 Å². The minimum absolute atomic E-state index is 0.0587. The first-order chi connectivity index (χ1) is 9.55. The maximum absolute atomic E-state index is 6.18. The van der Waals surface area contributed by atoms with E-state index in [9.17, 15) is 0 Å². The first kappa shape index (κ1) is 14.4. The summed E-state index contributed by atoms with van der Waals surface area (Å²) in [5, 5.41) is 3.80. The molecule has 3 nitrogen and oxygen atoms in total. The van der Waals surface area contributed by atoms with Gasteiger partial charge in [-0.2, -0.15) is 0 Å². The minimum Gasteiger partial charge on any atom is -0.377 e. The summed E-state index contributed by atoms with van der Waals surface area (Å²) in [5.74, 6) is 0. The zero-order valence-electron chi connectivity index (χ0n) is 12.4. The fourth-order valence-electron chi connectivity index (χ4n) is 3.97. The quantitative estimate of drug-likeness (QED) is 0.890. The lowest BCUT2D eigenvalue weighted by Crippen LogP contribution is -2.53. The Morgan fingerprint density at radius 3 is 2.70 bits per heavy atom. The number of benzene rings is 1. The van der Waals surface area contributed by atoms with E-state index in [0.717, 1.165) is 6.42 Å². The van der Waals surface area contributed by atoms with Crippen molar-refractivity contribution in [2.45, 2.75) is 44.7 Å². The van der Waals surface area contributed by atoms with Crippen LogP contribution in [0.25, 0.3) is 0 Å². The van der Waals surface area contributed by atoms with E-state index in [1.165, 1.54) is 47.2 Å². The zero-order valence-corrected chi connectivity index (χ0v) is 14.0. The van der Waals surface area contributed by atoms with Gasteiger partial charge in [-0.1, -0.05) is 15.9 Å². The summed E-state index contributed by atoms with van der Waals surface area (Å²) in [6.07, 6.45) is 3.74. The molecule has 0 aliphatic carbocycles. The highest BCUT2D eigenvalue weighted by Crippen LogP contribution is 2.38. The molecule has 0 aromatic heterocycles. The molecule has 1 aromatic carbocycles. The number of rotatable bonds is 3. The molecule has 0 radical (unpaired) electrons. The van der Waals surface area contributed by atoms with Crippen LogP contribution in [0.1, 0.15) is 30.4 Å². The molecule has 4 heteroatoms. The first-order valence-corrected chi connectivity index (χ1v) is 8.34. The molecule has 0 saturated carbocycles. The maximum Gasteiger partial charge on any atom is 0.0662 e. The molecule has 0 spiro atoms. The Labute approximate surface area is 130 Å². The van der Waals surface area contributed by atoms with Gasteiger partial charge >= 0.3 is 0 Å². The molecule has 3 rings (SSSR count). The van der Waals surface area contributed by atoms with Gasteiger partial charge in [0.1, 0.15) is 0 Å². The number of hydrogen-bond donors (Lipinski definition) is 2. The van der Waals surface area contributed by atoms with E-state index >= 15 is 0 Å². The van der Waals surface area contributed by atoms with Gasteiger partial charge in [-0.15, -0.1) is 0 Å². The van der Waals surface area contributed by atoms with Crippen LogP contribution in [0, 0.1) is 13.8 Å². The Morgan fingerprint density at radius 2 is 2.05 bits per heavy atom. The van der Waals surface area contributed by atoms with Gasteiger partial charge in [-0.25, -0.2) is 0 Å². The van der Waals surface area contributed by atoms with Crippen molar-refractivity contribution in [2.75, 3.05) is 25.0 Å². The fraction of sp³-hybridized carbons (Fsp3) is 0.625. The molecule has 20 heavy (non-hydrogen) atoms. The molecule has 3 N–H and O–H groups in total. The zero-order chi connectivity index (χ0) is 14.3. The highest BCUT2D eigenvalue weighted by Gasteiger charge is 2.48. The number of fused-ring (bicyclic) bond motifs is 1. The van der Waals surface area contributed by atoms with Crippen LogP contribution in [0.15, 0.2) is 16.6 Å². The topological polar surface area (TPSA) is 41.3 Å². The third-order valence-electron chi connectivity index (χ3n) is 5.04. The van der Waals surface area contributed by atoms with Crippen molar-refractivity contribution in [3.8, 4) is 0 Å². The third kappa shape index (κ3) is 2.28. The average Bonchev–Trinajstić information content (AvgIpc) is 3.00. The Bertz CT molecular complexity index is 493. The molecule has 0 amide bonds. The predicted octanol–water partition coefficient (Wildman–Crippen LogP) is 3.04. The third-order valence-corrected chi connectivity index (χ3v) is 6.29. The highest BCUT2D eigenvalue weighted by atomic mass is 79.9. The molecule has 2 unspecified atom stereocenters. The Morgan fingerprint density at radius 1 is 1.35 bits per heavy atom. The van der Waals surface area contributed by atoms with Crippen LogP contribution in [-0.4, -0.2) is 36.1 Å². The molecule has 2 atom stereocenters. The number of hydrogen-bond acceptors (Lipinski definition) is 3. The van der Waals surface area contributed by atoms with Crippen LogP contribution in [-0.2, 0) is 0 Å². The van der Waals surface area contributed by atoms with Crippen molar-refractivity contribution in [1.82, 2.24) is 4.90 Å². The summed E-state index contributed by atoms with van der Waals surface area (Å²) in [6, 6.07) is 5.06. The molecule has 0 bridgehead atoms. The Balaban J connectivity index is 1.89. The molecule has 110 valence electrons. The van der Waals surface area contributed by atoms with Crippen molar-refractivity contribution in [2.24, 2.45) is 5.73 Å². The van der Waals surface area contributed by atoms with Crippen molar-refractivity contribution < 1.29 is 0 Å². The van der Waals surface area contributed by atoms with E-state index in [1.54, 1.807) is 0 Å². The summed E-state index contributed by atoms with van der Waals surface area (Å²) in [5.41, 5.74) is 10.0. The van der Waals surface area contributed by atoms with Gasteiger partial charge in [0.05, 0.1) is 5.54 Å². The van der Waals surface area contributed by atoms with E-state index in [1.807, 2.05) is 0 Å². The molecule has 2 heterocycles. The van der Waals surface area contributed by atoms with Gasteiger partial charge in [0.25, 0.3) is 0 Å². The minimum atomic E-state index is 0.0587. The largest absolute Gasteiger partial charge is 0.377 e. The number of nitrogens with two attached hydrogens (primary N) is 1. The van der Waals surface area contributed by atoms with Crippen LogP contribution in [0.4, 0.5) is 5.69 Å². The van der Waals surface area contributed by atoms with Gasteiger partial charge in [-0.05, 0) is 62.9 Å². The van der Waals surface area contributed by atoms with Gasteiger partial charge in [0.15, 0.2) is 0 Å². The lowest BCUT2D eigenvalue weighted by molar-refractivity contribution is 0.280. The Hall–Kier alpha value is -0.580. The average molecular weight is 338 g/mol. The number of aryl methyl sites for hydroxylation is 2. The smallest absolute Gasteiger partial charge is 0.0662 e. The van der Waals surface area contributed by atoms with Crippen LogP contribution >= 0.6 is 15.9 Å². The van der Waals surface area contributed by atoms with Crippen LogP contribution < -0.4 is 11.1 Å². The maximum atomic E-state index is 6.18. The Kier molecular flexibility index (Phi) is 3.82. The molecular weight excluding hydrogens is 314 g/mol. The normalized spacial score (nSPS) is 29.7. The fourth-order valence-corrected chi connectivity index (χ4v) is 4.20. The predicted molar refractivity (Wildman–Crippen MR) is 88.2 cm³/mol. The van der Waals surface area contributed by atoms with Crippen LogP contribution in [0.3, 0.4) is 0 Å². The van der Waals surface area contributed by atoms with E-state index < -0.39 is 0 Å². The summed E-state index contributed by atoms with van der Waals surface area (Å²) in [4.78, 5) is 2.61. The second-order valence-electron chi connectivity index (χ2n) is 6.35. The molecule has 2 aliphatic heterocycles. The number of nitrogens with zero attached hydrogens (tertiary/aromatic N) is 1. The highest BCUT2D eigenvalue weighted by molar-refractivity contribution is 9.10. The number of anilines is 1. The molecule has 1 aromatic rings. The van der Waals surface area contributed by atoms with Crippen molar-refractivity contribution >= 4 is 21.6 Å². The van der Waals surface area contributed by atoms with E-state index in [2.05, 4.69) is 52.1 Å². The van der Waals surface area contributed by atoms with Gasteiger partial charge in [0.2, 0.25) is 0 Å². The van der Waals surface area contributed by atoms with Crippen molar-refractivity contribution in [3.05, 3.63) is 27.7 Å². The van der Waals surface area contributed by atoms with E-state index in [0.29, 0.717) is 12.6 Å². The summed E-state index contributed by atoms with van der Waals surface area (Å²) < 4.78 is 1.21. The van der Waals surface area contributed by atoms with Crippen molar-refractivity contribution in [1.29, 1.82) is 0 Å². The summed E-state index contributed by atoms with van der Waals surface area (Å²) in [7, 11) is 0. The second-order valence-corrected chi connectivity index (χ2v) is 7.15. The van der Waals surface area contributed by atoms with Gasteiger partial charge < -0.3 is 11.1 Å². The number of halogens is 1. The van der Waals surface area contributed by atoms with E-state index in [4.69, 9.17) is 5.73 Å². The van der Waals surface area contributed by atoms with Crippen LogP contribution in [0.2, 0.25) is 0 Å². The summed E-state index contributed by atoms with van der Waals surface area (Å²) >= 11 is 3.64.